The largest absolute Gasteiger partial charge is 0.478 e. The zero-order valence-corrected chi connectivity index (χ0v) is 11.4. The number of benzene rings is 1. The lowest BCUT2D eigenvalue weighted by molar-refractivity contribution is 0.0692. The van der Waals surface area contributed by atoms with E-state index in [1.807, 2.05) is 31.2 Å². The van der Waals surface area contributed by atoms with Crippen molar-refractivity contribution in [1.29, 1.82) is 0 Å². The van der Waals surface area contributed by atoms with Crippen molar-refractivity contribution in [3.05, 3.63) is 41.5 Å². The number of aromatic carboxylic acids is 1. The summed E-state index contributed by atoms with van der Waals surface area (Å²) in [5.74, 6) is -0.590. The third kappa shape index (κ3) is 3.23. The molecular weight excluding hydrogens is 262 g/mol. The molecule has 2 N–H and O–H groups in total. The van der Waals surface area contributed by atoms with Crippen LogP contribution in [0.15, 0.2) is 35.4 Å². The van der Waals surface area contributed by atoms with Crippen LogP contribution < -0.4 is 5.32 Å². The number of aryl methyl sites for hydroxylation is 1. The maximum absolute atomic E-state index is 11.1. The van der Waals surface area contributed by atoms with Gasteiger partial charge in [0.05, 0.1) is 5.56 Å². The summed E-state index contributed by atoms with van der Waals surface area (Å²) < 4.78 is 0. The molecule has 0 amide bonds. The molecule has 0 fully saturated rings. The summed E-state index contributed by atoms with van der Waals surface area (Å²) >= 11 is 1.26. The summed E-state index contributed by atoms with van der Waals surface area (Å²) in [7, 11) is 0. The van der Waals surface area contributed by atoms with Crippen molar-refractivity contribution in [2.24, 2.45) is 0 Å². The van der Waals surface area contributed by atoms with Crippen LogP contribution in [0.1, 0.15) is 15.9 Å². The monoisotopic (exact) mass is 275 g/mol. The maximum Gasteiger partial charge on any atom is 0.338 e. The van der Waals surface area contributed by atoms with E-state index < -0.39 is 5.97 Å². The van der Waals surface area contributed by atoms with E-state index in [0.717, 1.165) is 11.3 Å². The number of aromatic nitrogens is 2. The van der Waals surface area contributed by atoms with Gasteiger partial charge in [0.25, 0.3) is 0 Å². The number of anilines is 2. The Kier molecular flexibility index (Phi) is 4.01. The summed E-state index contributed by atoms with van der Waals surface area (Å²) in [6.07, 6.45) is 1.77. The van der Waals surface area contributed by atoms with Gasteiger partial charge in [-0.1, -0.05) is 12.1 Å². The van der Waals surface area contributed by atoms with Gasteiger partial charge in [0, 0.05) is 5.69 Å². The zero-order valence-electron chi connectivity index (χ0n) is 10.5. The quantitative estimate of drug-likeness (QED) is 0.836. The highest BCUT2D eigenvalue weighted by Gasteiger charge is 2.13. The zero-order chi connectivity index (χ0) is 13.8. The Morgan fingerprint density at radius 1 is 1.32 bits per heavy atom. The molecule has 5 nitrogen and oxygen atoms in total. The fourth-order valence-corrected chi connectivity index (χ4v) is 2.10. The molecule has 0 spiro atoms. The summed E-state index contributed by atoms with van der Waals surface area (Å²) in [6, 6.07) is 9.22. The normalized spacial score (nSPS) is 10.2. The van der Waals surface area contributed by atoms with Gasteiger partial charge >= 0.3 is 5.97 Å². The average Bonchev–Trinajstić information content (AvgIpc) is 2.38. The molecule has 1 aromatic carbocycles. The maximum atomic E-state index is 11.1. The Morgan fingerprint density at radius 3 is 2.74 bits per heavy atom. The summed E-state index contributed by atoms with van der Waals surface area (Å²) in [5.41, 5.74) is 2.11. The first-order valence-corrected chi connectivity index (χ1v) is 6.81. The first-order chi connectivity index (χ1) is 9.10. The Morgan fingerprint density at radius 2 is 2.11 bits per heavy atom. The van der Waals surface area contributed by atoms with Crippen LogP contribution in [0.3, 0.4) is 0 Å². The van der Waals surface area contributed by atoms with Gasteiger partial charge in [0.1, 0.15) is 5.03 Å². The van der Waals surface area contributed by atoms with E-state index in [-0.39, 0.29) is 5.56 Å². The van der Waals surface area contributed by atoms with E-state index in [0.29, 0.717) is 10.8 Å². The van der Waals surface area contributed by atoms with Gasteiger partial charge in [-0.15, -0.1) is 22.0 Å². The first-order valence-electron chi connectivity index (χ1n) is 5.59. The van der Waals surface area contributed by atoms with Crippen molar-refractivity contribution < 1.29 is 9.90 Å². The Hall–Kier alpha value is -2.08. The van der Waals surface area contributed by atoms with Gasteiger partial charge in [-0.2, -0.15) is 0 Å². The SMILES string of the molecule is CSc1nnc(Nc2cccc(C)c2)cc1C(=O)O. The molecule has 0 unspecified atom stereocenters. The number of hydrogen-bond donors (Lipinski definition) is 2. The van der Waals surface area contributed by atoms with Crippen molar-refractivity contribution in [3.8, 4) is 0 Å². The molecule has 1 heterocycles. The molecule has 0 bridgehead atoms. The summed E-state index contributed by atoms with van der Waals surface area (Å²) in [4.78, 5) is 11.1. The molecule has 2 aromatic rings. The van der Waals surface area contributed by atoms with Crippen LogP contribution >= 0.6 is 11.8 Å². The van der Waals surface area contributed by atoms with E-state index in [9.17, 15) is 4.79 Å². The Bertz CT molecular complexity index is 617. The van der Waals surface area contributed by atoms with Crippen LogP contribution in [0.4, 0.5) is 11.5 Å². The first kappa shape index (κ1) is 13.4. The van der Waals surface area contributed by atoms with Crippen molar-refractivity contribution in [2.75, 3.05) is 11.6 Å². The Balaban J connectivity index is 2.31. The van der Waals surface area contributed by atoms with E-state index in [1.54, 1.807) is 6.26 Å². The third-order valence-corrected chi connectivity index (χ3v) is 3.16. The minimum absolute atomic E-state index is 0.151. The van der Waals surface area contributed by atoms with Gasteiger partial charge in [-0.3, -0.25) is 0 Å². The smallest absolute Gasteiger partial charge is 0.338 e. The molecule has 2 rings (SSSR count). The number of carbonyl (C=O) groups is 1. The van der Waals surface area contributed by atoms with E-state index in [1.165, 1.54) is 17.8 Å². The number of hydrogen-bond acceptors (Lipinski definition) is 5. The number of nitrogens with zero attached hydrogens (tertiary/aromatic N) is 2. The number of thioether (sulfide) groups is 1. The number of carboxylic acid groups (broad SMARTS) is 1. The second kappa shape index (κ2) is 5.71. The van der Waals surface area contributed by atoms with Gasteiger partial charge < -0.3 is 10.4 Å². The van der Waals surface area contributed by atoms with Crippen molar-refractivity contribution in [1.82, 2.24) is 10.2 Å². The van der Waals surface area contributed by atoms with Crippen molar-refractivity contribution >= 4 is 29.2 Å². The van der Waals surface area contributed by atoms with Crippen molar-refractivity contribution in [3.63, 3.8) is 0 Å². The molecule has 0 atom stereocenters. The lowest BCUT2D eigenvalue weighted by Gasteiger charge is -2.08. The second-order valence-corrected chi connectivity index (χ2v) is 4.75. The molecular formula is C13H13N3O2S. The molecule has 98 valence electrons. The highest BCUT2D eigenvalue weighted by Crippen LogP contribution is 2.21. The minimum Gasteiger partial charge on any atom is -0.478 e. The van der Waals surface area contributed by atoms with E-state index in [4.69, 9.17) is 5.11 Å². The number of carboxylic acids is 1. The lowest BCUT2D eigenvalue weighted by Crippen LogP contribution is -2.05. The summed E-state index contributed by atoms with van der Waals surface area (Å²) in [6.45, 7) is 1.98. The van der Waals surface area contributed by atoms with Crippen molar-refractivity contribution in [2.45, 2.75) is 11.9 Å². The molecule has 0 aliphatic carbocycles. The number of rotatable bonds is 4. The highest BCUT2D eigenvalue weighted by atomic mass is 32.2. The standard InChI is InChI=1S/C13H13N3O2S/c1-8-4-3-5-9(6-8)14-11-7-10(13(17)18)12(19-2)16-15-11/h3-7H,1-2H3,(H,14,15)(H,17,18). The molecule has 0 aliphatic heterocycles. The number of nitrogens with one attached hydrogen (secondary N) is 1. The topological polar surface area (TPSA) is 75.1 Å². The molecule has 0 saturated heterocycles. The van der Waals surface area contributed by atoms with Gasteiger partial charge in [-0.25, -0.2) is 4.79 Å². The van der Waals surface area contributed by atoms with E-state index >= 15 is 0 Å². The van der Waals surface area contributed by atoms with Crippen LogP contribution in [-0.2, 0) is 0 Å². The minimum atomic E-state index is -1.01. The molecule has 19 heavy (non-hydrogen) atoms. The fourth-order valence-electron chi connectivity index (χ4n) is 1.62. The lowest BCUT2D eigenvalue weighted by atomic mass is 10.2. The van der Waals surface area contributed by atoms with Gasteiger partial charge in [0.2, 0.25) is 0 Å². The van der Waals surface area contributed by atoms with Crippen LogP contribution in [0, 0.1) is 6.92 Å². The van der Waals surface area contributed by atoms with E-state index in [2.05, 4.69) is 15.5 Å². The van der Waals surface area contributed by atoms with Crippen LogP contribution in [0.25, 0.3) is 0 Å². The Labute approximate surface area is 115 Å². The highest BCUT2D eigenvalue weighted by molar-refractivity contribution is 7.98. The van der Waals surface area contributed by atoms with Gasteiger partial charge in [-0.05, 0) is 36.9 Å². The molecule has 1 aromatic heterocycles. The molecule has 0 radical (unpaired) electrons. The van der Waals surface area contributed by atoms with Crippen LogP contribution in [0.5, 0.6) is 0 Å². The molecule has 0 saturated carbocycles. The molecule has 6 heteroatoms. The van der Waals surface area contributed by atoms with Gasteiger partial charge in [0.15, 0.2) is 5.82 Å². The average molecular weight is 275 g/mol. The predicted molar refractivity (Wildman–Crippen MR) is 75.2 cm³/mol. The fraction of sp³-hybridized carbons (Fsp3) is 0.154. The summed E-state index contributed by atoms with van der Waals surface area (Å²) in [5, 5.41) is 20.5. The van der Waals surface area contributed by atoms with Crippen LogP contribution in [-0.4, -0.2) is 27.5 Å². The third-order valence-electron chi connectivity index (χ3n) is 2.47. The van der Waals surface area contributed by atoms with Crippen LogP contribution in [0.2, 0.25) is 0 Å². The molecule has 0 aliphatic rings. The second-order valence-electron chi connectivity index (χ2n) is 3.95. The predicted octanol–water partition coefficient (Wildman–Crippen LogP) is 2.95.